The van der Waals surface area contributed by atoms with E-state index in [1.165, 1.54) is 43.0 Å². The van der Waals surface area contributed by atoms with E-state index in [2.05, 4.69) is 9.97 Å². The fourth-order valence-corrected chi connectivity index (χ4v) is 4.61. The van der Waals surface area contributed by atoms with Gasteiger partial charge < -0.3 is 14.2 Å². The number of hydrogen-bond donors (Lipinski definition) is 2. The fraction of sp³-hybridized carbons (Fsp3) is 0.300. The first kappa shape index (κ1) is 18.5. The van der Waals surface area contributed by atoms with E-state index in [-0.39, 0.29) is 16.2 Å². The number of H-pyrrole nitrogens is 2. The van der Waals surface area contributed by atoms with Gasteiger partial charge in [0, 0.05) is 0 Å². The standard InChI is InChI=1S/C20H20N2O5S/c23-19-20(24)22-18-12-16(10-11-17(18)21-19)28(25,26)27-15-8-6-14(7-9-15)13-4-2-1-3-5-13/h6-13H,1-5H2,(H,21,23)(H,22,24). The van der Waals surface area contributed by atoms with Crippen LogP contribution in [-0.2, 0) is 10.1 Å². The summed E-state index contributed by atoms with van der Waals surface area (Å²) in [7, 11) is -4.08. The molecule has 1 aromatic heterocycles. The Kier molecular flexibility index (Phi) is 4.80. The molecule has 0 radical (unpaired) electrons. The number of rotatable bonds is 4. The first-order valence-electron chi connectivity index (χ1n) is 9.23. The van der Waals surface area contributed by atoms with Gasteiger partial charge in [0.2, 0.25) is 0 Å². The first-order chi connectivity index (χ1) is 13.4. The lowest BCUT2D eigenvalue weighted by Gasteiger charge is -2.22. The van der Waals surface area contributed by atoms with Gasteiger partial charge in [0.15, 0.2) is 0 Å². The minimum Gasteiger partial charge on any atom is -0.379 e. The van der Waals surface area contributed by atoms with E-state index < -0.39 is 21.2 Å². The maximum atomic E-state index is 12.6. The average molecular weight is 400 g/mol. The van der Waals surface area contributed by atoms with Gasteiger partial charge in [-0.3, -0.25) is 9.59 Å². The third kappa shape index (κ3) is 3.73. The van der Waals surface area contributed by atoms with Gasteiger partial charge in [0.1, 0.15) is 10.6 Å². The zero-order chi connectivity index (χ0) is 19.7. The van der Waals surface area contributed by atoms with Crippen molar-refractivity contribution in [2.75, 3.05) is 0 Å². The third-order valence-corrected chi connectivity index (χ3v) is 6.39. The molecule has 2 N–H and O–H groups in total. The number of fused-ring (bicyclic) bond motifs is 1. The van der Waals surface area contributed by atoms with Crippen molar-refractivity contribution in [2.24, 2.45) is 0 Å². The van der Waals surface area contributed by atoms with E-state index in [0.29, 0.717) is 11.4 Å². The van der Waals surface area contributed by atoms with E-state index in [1.54, 1.807) is 12.1 Å². The molecule has 0 spiro atoms. The van der Waals surface area contributed by atoms with Crippen molar-refractivity contribution in [2.45, 2.75) is 42.9 Å². The fourth-order valence-electron chi connectivity index (χ4n) is 3.66. The van der Waals surface area contributed by atoms with Gasteiger partial charge in [0.05, 0.1) is 11.0 Å². The van der Waals surface area contributed by atoms with Crippen LogP contribution in [-0.4, -0.2) is 18.4 Å². The highest BCUT2D eigenvalue weighted by atomic mass is 32.2. The summed E-state index contributed by atoms with van der Waals surface area (Å²) in [4.78, 5) is 27.5. The second-order valence-corrected chi connectivity index (χ2v) is 8.60. The number of aromatic amines is 2. The minimum absolute atomic E-state index is 0.112. The van der Waals surface area contributed by atoms with E-state index in [4.69, 9.17) is 4.18 Å². The highest BCUT2D eigenvalue weighted by molar-refractivity contribution is 7.87. The van der Waals surface area contributed by atoms with Crippen molar-refractivity contribution in [3.05, 3.63) is 68.7 Å². The normalized spacial score (nSPS) is 15.6. The predicted octanol–water partition coefficient (Wildman–Crippen LogP) is 3.03. The summed E-state index contributed by atoms with van der Waals surface area (Å²) in [6.45, 7) is 0. The number of nitrogens with one attached hydrogen (secondary N) is 2. The zero-order valence-corrected chi connectivity index (χ0v) is 15.9. The Hall–Kier alpha value is -2.87. The molecule has 0 atom stereocenters. The van der Waals surface area contributed by atoms with Crippen LogP contribution in [0.15, 0.2) is 56.9 Å². The second-order valence-electron chi connectivity index (χ2n) is 7.06. The molecule has 1 saturated carbocycles. The number of benzene rings is 2. The topological polar surface area (TPSA) is 109 Å². The van der Waals surface area contributed by atoms with Crippen molar-refractivity contribution < 1.29 is 12.6 Å². The molecule has 146 valence electrons. The Balaban J connectivity index is 1.58. The van der Waals surface area contributed by atoms with Crippen LogP contribution in [0.25, 0.3) is 11.0 Å². The first-order valence-corrected chi connectivity index (χ1v) is 10.6. The SMILES string of the molecule is O=c1[nH]c2ccc(S(=O)(=O)Oc3ccc(C4CCCCC4)cc3)cc2[nH]c1=O. The lowest BCUT2D eigenvalue weighted by Crippen LogP contribution is -2.29. The highest BCUT2D eigenvalue weighted by Gasteiger charge is 2.19. The minimum atomic E-state index is -4.08. The number of hydrogen-bond acceptors (Lipinski definition) is 5. The van der Waals surface area contributed by atoms with Crippen molar-refractivity contribution >= 4 is 21.2 Å². The van der Waals surface area contributed by atoms with E-state index in [0.717, 1.165) is 12.8 Å². The lowest BCUT2D eigenvalue weighted by atomic mass is 9.84. The van der Waals surface area contributed by atoms with Crippen LogP contribution in [0, 0.1) is 0 Å². The van der Waals surface area contributed by atoms with Crippen LogP contribution in [0.4, 0.5) is 0 Å². The summed E-state index contributed by atoms with van der Waals surface area (Å²) in [5.74, 6) is 0.758. The summed E-state index contributed by atoms with van der Waals surface area (Å²) >= 11 is 0. The molecular weight excluding hydrogens is 380 g/mol. The Morgan fingerprint density at radius 3 is 2.14 bits per heavy atom. The molecule has 3 aromatic rings. The molecule has 1 fully saturated rings. The van der Waals surface area contributed by atoms with Crippen molar-refractivity contribution in [1.82, 2.24) is 9.97 Å². The van der Waals surface area contributed by atoms with Gasteiger partial charge in [-0.15, -0.1) is 0 Å². The summed E-state index contributed by atoms with van der Waals surface area (Å²) < 4.78 is 30.4. The maximum absolute atomic E-state index is 12.6. The van der Waals surface area contributed by atoms with Crippen LogP contribution in [0.5, 0.6) is 5.75 Å². The largest absolute Gasteiger partial charge is 0.379 e. The molecule has 1 aliphatic carbocycles. The van der Waals surface area contributed by atoms with E-state index in [1.807, 2.05) is 12.1 Å². The molecule has 4 rings (SSSR count). The molecule has 1 aliphatic rings. The molecule has 0 bridgehead atoms. The quantitative estimate of drug-likeness (QED) is 0.517. The molecule has 8 heteroatoms. The van der Waals surface area contributed by atoms with Crippen LogP contribution < -0.4 is 15.3 Å². The Bertz CT molecular complexity index is 1220. The second kappa shape index (κ2) is 7.27. The van der Waals surface area contributed by atoms with Crippen molar-refractivity contribution in [1.29, 1.82) is 0 Å². The molecule has 0 aliphatic heterocycles. The smallest absolute Gasteiger partial charge is 0.339 e. The number of aromatic nitrogens is 2. The highest BCUT2D eigenvalue weighted by Crippen LogP contribution is 2.33. The Morgan fingerprint density at radius 1 is 0.821 bits per heavy atom. The molecule has 0 amide bonds. The third-order valence-electron chi connectivity index (χ3n) is 5.14. The average Bonchev–Trinajstić information content (AvgIpc) is 2.69. The summed E-state index contributed by atoms with van der Waals surface area (Å²) in [6, 6.07) is 11.2. The molecule has 7 nitrogen and oxygen atoms in total. The Morgan fingerprint density at radius 2 is 1.46 bits per heavy atom. The van der Waals surface area contributed by atoms with Crippen LogP contribution in [0.2, 0.25) is 0 Å². The van der Waals surface area contributed by atoms with Crippen molar-refractivity contribution in [3.63, 3.8) is 0 Å². The molecular formula is C20H20N2O5S. The predicted molar refractivity (Wildman–Crippen MR) is 105 cm³/mol. The maximum Gasteiger partial charge on any atom is 0.339 e. The summed E-state index contributed by atoms with van der Waals surface area (Å²) in [6.07, 6.45) is 6.06. The summed E-state index contributed by atoms with van der Waals surface area (Å²) in [5.41, 5.74) is 0.109. The van der Waals surface area contributed by atoms with Crippen LogP contribution >= 0.6 is 0 Å². The monoisotopic (exact) mass is 400 g/mol. The van der Waals surface area contributed by atoms with E-state index >= 15 is 0 Å². The van der Waals surface area contributed by atoms with Gasteiger partial charge in [-0.2, -0.15) is 8.42 Å². The van der Waals surface area contributed by atoms with Crippen molar-refractivity contribution in [3.8, 4) is 5.75 Å². The zero-order valence-electron chi connectivity index (χ0n) is 15.1. The van der Waals surface area contributed by atoms with Gasteiger partial charge in [0.25, 0.3) is 0 Å². The molecule has 1 heterocycles. The van der Waals surface area contributed by atoms with Gasteiger partial charge >= 0.3 is 21.2 Å². The van der Waals surface area contributed by atoms with E-state index in [9.17, 15) is 18.0 Å². The molecule has 2 aromatic carbocycles. The van der Waals surface area contributed by atoms with Crippen LogP contribution in [0.1, 0.15) is 43.6 Å². The van der Waals surface area contributed by atoms with Gasteiger partial charge in [-0.1, -0.05) is 31.4 Å². The van der Waals surface area contributed by atoms with Gasteiger partial charge in [-0.05, 0) is 54.7 Å². The summed E-state index contributed by atoms with van der Waals surface area (Å²) in [5, 5.41) is 0. The molecule has 28 heavy (non-hydrogen) atoms. The molecule has 0 saturated heterocycles. The Labute approximate surface area is 161 Å². The van der Waals surface area contributed by atoms with Crippen LogP contribution in [0.3, 0.4) is 0 Å². The molecule has 0 unspecified atom stereocenters. The lowest BCUT2D eigenvalue weighted by molar-refractivity contribution is 0.443. The van der Waals surface area contributed by atoms with Gasteiger partial charge in [-0.25, -0.2) is 0 Å².